The molecule has 1 aliphatic heterocycles. The molecule has 34 heavy (non-hydrogen) atoms. The summed E-state index contributed by atoms with van der Waals surface area (Å²) in [5.74, 6) is 1.14. The fraction of sp³-hybridized carbons (Fsp3) is 0.280. The predicted molar refractivity (Wildman–Crippen MR) is 135 cm³/mol. The fourth-order valence-corrected chi connectivity index (χ4v) is 4.83. The van der Waals surface area contributed by atoms with E-state index < -0.39 is 0 Å². The minimum Gasteiger partial charge on any atom is -0.494 e. The van der Waals surface area contributed by atoms with Crippen LogP contribution in [0.1, 0.15) is 18.4 Å². The van der Waals surface area contributed by atoms with Gasteiger partial charge in [-0.05, 0) is 49.1 Å². The number of imidazole rings is 1. The lowest BCUT2D eigenvalue weighted by atomic mass is 9.97. The van der Waals surface area contributed by atoms with Gasteiger partial charge in [-0.15, -0.1) is 0 Å². The number of benzene rings is 2. The molecule has 0 unspecified atom stereocenters. The number of rotatable bonds is 4. The van der Waals surface area contributed by atoms with Gasteiger partial charge < -0.3 is 26.1 Å². The van der Waals surface area contributed by atoms with Crippen LogP contribution in [0.25, 0.3) is 33.5 Å². The lowest BCUT2D eigenvalue weighted by Gasteiger charge is -2.34. The molecule has 0 saturated carbocycles. The van der Waals surface area contributed by atoms with Gasteiger partial charge in [-0.2, -0.15) is 0 Å². The molecule has 1 aliphatic rings. The maximum atomic E-state index is 14.4. The van der Waals surface area contributed by atoms with Crippen LogP contribution in [0.3, 0.4) is 0 Å². The Morgan fingerprint density at radius 2 is 1.94 bits per heavy atom. The summed E-state index contributed by atoms with van der Waals surface area (Å²) in [6, 6.07) is 8.61. The SMILES string of the molecule is COc1cc(Cl)cc2nc(-c3c(N)ncc(-c4cc(C)cc(F)c4)c3N3CCC(N)CC3)[nH]c12. The van der Waals surface area contributed by atoms with Gasteiger partial charge in [0.1, 0.15) is 28.7 Å². The van der Waals surface area contributed by atoms with Gasteiger partial charge in [-0.3, -0.25) is 0 Å². The minimum atomic E-state index is -0.303. The Kier molecular flexibility index (Phi) is 5.79. The molecule has 5 rings (SSSR count). The number of nitrogens with one attached hydrogen (secondary N) is 1. The maximum absolute atomic E-state index is 14.4. The molecular formula is C25H26ClFN6O. The molecule has 3 heterocycles. The van der Waals surface area contributed by atoms with Crippen LogP contribution in [0, 0.1) is 12.7 Å². The quantitative estimate of drug-likeness (QED) is 0.383. The molecule has 4 aromatic rings. The lowest BCUT2D eigenvalue weighted by molar-refractivity contribution is 0.419. The minimum absolute atomic E-state index is 0.149. The summed E-state index contributed by atoms with van der Waals surface area (Å²) >= 11 is 6.26. The first-order valence-electron chi connectivity index (χ1n) is 11.1. The van der Waals surface area contributed by atoms with Crippen LogP contribution in [0.2, 0.25) is 5.02 Å². The first kappa shape index (κ1) is 22.4. The van der Waals surface area contributed by atoms with E-state index in [0.29, 0.717) is 39.0 Å². The van der Waals surface area contributed by atoms with E-state index in [1.807, 2.05) is 13.0 Å². The molecule has 9 heteroatoms. The third kappa shape index (κ3) is 4.03. The third-order valence-electron chi connectivity index (χ3n) is 6.27. The number of pyridine rings is 1. The van der Waals surface area contributed by atoms with E-state index >= 15 is 0 Å². The number of fused-ring (bicyclic) bond motifs is 1. The molecule has 7 nitrogen and oxygen atoms in total. The number of methoxy groups -OCH3 is 1. The summed E-state index contributed by atoms with van der Waals surface area (Å²) in [4.78, 5) is 14.9. The van der Waals surface area contributed by atoms with E-state index in [1.165, 1.54) is 12.1 Å². The van der Waals surface area contributed by atoms with Crippen LogP contribution < -0.4 is 21.1 Å². The number of ether oxygens (including phenoxy) is 1. The number of nitrogens with zero attached hydrogens (tertiary/aromatic N) is 3. The van der Waals surface area contributed by atoms with Crippen LogP contribution in [-0.2, 0) is 0 Å². The van der Waals surface area contributed by atoms with E-state index in [4.69, 9.17) is 32.8 Å². The molecule has 2 aromatic carbocycles. The summed E-state index contributed by atoms with van der Waals surface area (Å²) in [5, 5.41) is 0.516. The van der Waals surface area contributed by atoms with Crippen molar-refractivity contribution in [2.45, 2.75) is 25.8 Å². The molecule has 0 atom stereocenters. The molecule has 0 amide bonds. The number of H-pyrrole nitrogens is 1. The van der Waals surface area contributed by atoms with Crippen molar-refractivity contribution in [2.24, 2.45) is 5.73 Å². The molecule has 1 saturated heterocycles. The van der Waals surface area contributed by atoms with Crippen molar-refractivity contribution < 1.29 is 9.13 Å². The summed E-state index contributed by atoms with van der Waals surface area (Å²) in [7, 11) is 1.58. The second-order valence-electron chi connectivity index (χ2n) is 8.71. The zero-order valence-electron chi connectivity index (χ0n) is 19.0. The molecule has 0 spiro atoms. The molecule has 0 bridgehead atoms. The van der Waals surface area contributed by atoms with Gasteiger partial charge in [-0.25, -0.2) is 14.4 Å². The summed E-state index contributed by atoms with van der Waals surface area (Å²) in [6.07, 6.45) is 3.39. The standard InChI is InChI=1S/C25H26ClFN6O/c1-13-7-14(9-16(27)8-13)18-12-30-24(29)21(23(18)33-5-3-17(28)4-6-33)25-31-19-10-15(26)11-20(34-2)22(19)32-25/h7-12,17H,3-6,28H2,1-2H3,(H2,29,30)(H,31,32). The van der Waals surface area contributed by atoms with Crippen LogP contribution >= 0.6 is 11.6 Å². The molecule has 0 aliphatic carbocycles. The fourth-order valence-electron chi connectivity index (χ4n) is 4.63. The zero-order chi connectivity index (χ0) is 24.0. The maximum Gasteiger partial charge on any atom is 0.146 e. The average molecular weight is 481 g/mol. The van der Waals surface area contributed by atoms with Crippen LogP contribution in [0.4, 0.5) is 15.9 Å². The predicted octanol–water partition coefficient (Wildman–Crippen LogP) is 4.91. The highest BCUT2D eigenvalue weighted by Crippen LogP contribution is 2.43. The van der Waals surface area contributed by atoms with Crippen LogP contribution in [0.5, 0.6) is 5.75 Å². The number of aromatic amines is 1. The second-order valence-corrected chi connectivity index (χ2v) is 9.15. The molecular weight excluding hydrogens is 455 g/mol. The molecule has 2 aromatic heterocycles. The Hall–Kier alpha value is -3.36. The van der Waals surface area contributed by atoms with Gasteiger partial charge in [-0.1, -0.05) is 17.7 Å². The summed E-state index contributed by atoms with van der Waals surface area (Å²) in [6.45, 7) is 3.36. The normalized spacial score (nSPS) is 14.7. The summed E-state index contributed by atoms with van der Waals surface area (Å²) < 4.78 is 19.9. The topological polar surface area (TPSA) is 106 Å². The molecule has 5 N–H and O–H groups in total. The highest BCUT2D eigenvalue weighted by molar-refractivity contribution is 6.31. The number of hydrogen-bond donors (Lipinski definition) is 3. The number of halogens is 2. The Balaban J connectivity index is 1.77. The van der Waals surface area contributed by atoms with E-state index in [2.05, 4.69) is 14.9 Å². The van der Waals surface area contributed by atoms with Crippen LogP contribution in [0.15, 0.2) is 36.5 Å². The largest absolute Gasteiger partial charge is 0.494 e. The third-order valence-corrected chi connectivity index (χ3v) is 6.49. The van der Waals surface area contributed by atoms with Crippen molar-refractivity contribution in [3.8, 4) is 28.3 Å². The lowest BCUT2D eigenvalue weighted by Crippen LogP contribution is -2.40. The summed E-state index contributed by atoms with van der Waals surface area (Å²) in [5.41, 5.74) is 17.9. The van der Waals surface area contributed by atoms with Crippen molar-refractivity contribution in [1.82, 2.24) is 15.0 Å². The highest BCUT2D eigenvalue weighted by Gasteiger charge is 2.27. The first-order chi connectivity index (χ1) is 16.3. The Bertz CT molecular complexity index is 1360. The van der Waals surface area contributed by atoms with Gasteiger partial charge in [0.25, 0.3) is 0 Å². The Morgan fingerprint density at radius 3 is 2.65 bits per heavy atom. The smallest absolute Gasteiger partial charge is 0.146 e. The Morgan fingerprint density at radius 1 is 1.18 bits per heavy atom. The van der Waals surface area contributed by atoms with Crippen molar-refractivity contribution >= 4 is 34.1 Å². The monoisotopic (exact) mass is 480 g/mol. The average Bonchev–Trinajstić information content (AvgIpc) is 3.21. The number of aromatic nitrogens is 3. The van der Waals surface area contributed by atoms with Crippen LogP contribution in [-0.4, -0.2) is 41.2 Å². The van der Waals surface area contributed by atoms with Crippen molar-refractivity contribution in [3.63, 3.8) is 0 Å². The zero-order valence-corrected chi connectivity index (χ0v) is 19.8. The van der Waals surface area contributed by atoms with E-state index in [1.54, 1.807) is 25.4 Å². The van der Waals surface area contributed by atoms with Gasteiger partial charge in [0.05, 0.1) is 23.9 Å². The van der Waals surface area contributed by atoms with Crippen molar-refractivity contribution in [2.75, 3.05) is 30.8 Å². The van der Waals surface area contributed by atoms with E-state index in [-0.39, 0.29) is 11.9 Å². The molecule has 1 fully saturated rings. The second kappa shape index (κ2) is 8.77. The van der Waals surface area contributed by atoms with Gasteiger partial charge in [0.15, 0.2) is 0 Å². The number of piperidine rings is 1. The Labute approximate surface area is 201 Å². The van der Waals surface area contributed by atoms with Gasteiger partial charge >= 0.3 is 0 Å². The van der Waals surface area contributed by atoms with Gasteiger partial charge in [0.2, 0.25) is 0 Å². The van der Waals surface area contributed by atoms with Gasteiger partial charge in [0, 0.05) is 42.0 Å². The number of nitrogens with two attached hydrogens (primary N) is 2. The van der Waals surface area contributed by atoms with E-state index in [0.717, 1.165) is 48.3 Å². The number of hydrogen-bond acceptors (Lipinski definition) is 6. The number of anilines is 2. The highest BCUT2D eigenvalue weighted by atomic mass is 35.5. The molecule has 176 valence electrons. The van der Waals surface area contributed by atoms with Crippen molar-refractivity contribution in [1.29, 1.82) is 0 Å². The first-order valence-corrected chi connectivity index (χ1v) is 11.5. The van der Waals surface area contributed by atoms with Crippen molar-refractivity contribution in [3.05, 3.63) is 52.9 Å². The number of aryl methyl sites for hydroxylation is 1. The van der Waals surface area contributed by atoms with E-state index in [9.17, 15) is 4.39 Å². The molecule has 0 radical (unpaired) electrons. The number of nitrogen functional groups attached to an aromatic ring is 1.